The number of hydrogen-bond donors (Lipinski definition) is 1. The third-order valence-electron chi connectivity index (χ3n) is 1.74. The molecular weight excluding hydrogens is 182 g/mol. The van der Waals surface area contributed by atoms with Crippen molar-refractivity contribution in [3.05, 3.63) is 23.0 Å². The Labute approximate surface area is 81.1 Å². The Balaban J connectivity index is 3.29. The maximum absolute atomic E-state index is 11.1. The van der Waals surface area contributed by atoms with E-state index < -0.39 is 5.97 Å². The summed E-state index contributed by atoms with van der Waals surface area (Å²) in [5.41, 5.74) is 6.62. The summed E-state index contributed by atoms with van der Waals surface area (Å²) < 4.78 is 4.48. The van der Waals surface area contributed by atoms with E-state index >= 15 is 0 Å². The zero-order chi connectivity index (χ0) is 10.7. The second kappa shape index (κ2) is 3.75. The number of anilines is 1. The lowest BCUT2D eigenvalue weighted by atomic mass is 10.1. The Morgan fingerprint density at radius 2 is 2.36 bits per heavy atom. The molecule has 0 spiro atoms. The van der Waals surface area contributed by atoms with Crippen LogP contribution in [0.4, 0.5) is 5.69 Å². The van der Waals surface area contributed by atoms with Crippen LogP contribution in [0.1, 0.15) is 21.7 Å². The monoisotopic (exact) mass is 191 g/mol. The van der Waals surface area contributed by atoms with Crippen molar-refractivity contribution in [2.45, 2.75) is 6.92 Å². The second-order valence-electron chi connectivity index (χ2n) is 2.66. The summed E-state index contributed by atoms with van der Waals surface area (Å²) in [6.07, 6.45) is 0. The number of aryl methyl sites for hydroxylation is 1. The lowest BCUT2D eigenvalue weighted by Crippen LogP contribution is -2.08. The number of nitrogens with zero attached hydrogens (tertiary/aromatic N) is 2. The van der Waals surface area contributed by atoms with E-state index in [1.807, 2.05) is 6.07 Å². The van der Waals surface area contributed by atoms with E-state index in [1.165, 1.54) is 13.2 Å². The van der Waals surface area contributed by atoms with Gasteiger partial charge in [0.25, 0.3) is 0 Å². The van der Waals surface area contributed by atoms with Crippen LogP contribution in [0.5, 0.6) is 0 Å². The Hall–Kier alpha value is -2.09. The minimum Gasteiger partial charge on any atom is -0.464 e. The summed E-state index contributed by atoms with van der Waals surface area (Å²) >= 11 is 0. The molecule has 0 amide bonds. The number of nitriles is 1. The third-order valence-corrected chi connectivity index (χ3v) is 1.74. The first-order valence-corrected chi connectivity index (χ1v) is 3.85. The Kier molecular flexibility index (Phi) is 2.67. The molecule has 1 heterocycles. The zero-order valence-corrected chi connectivity index (χ0v) is 7.87. The second-order valence-corrected chi connectivity index (χ2v) is 2.66. The molecule has 2 N–H and O–H groups in total. The van der Waals surface area contributed by atoms with Crippen LogP contribution in [0.3, 0.4) is 0 Å². The van der Waals surface area contributed by atoms with Gasteiger partial charge in [0.05, 0.1) is 24.1 Å². The van der Waals surface area contributed by atoms with Gasteiger partial charge in [-0.1, -0.05) is 0 Å². The summed E-state index contributed by atoms with van der Waals surface area (Å²) in [5.74, 6) is -0.565. The molecule has 0 aromatic carbocycles. The van der Waals surface area contributed by atoms with Gasteiger partial charge in [0.1, 0.15) is 6.07 Å². The summed E-state index contributed by atoms with van der Waals surface area (Å²) in [6, 6.07) is 3.24. The highest BCUT2D eigenvalue weighted by molar-refractivity contribution is 5.88. The van der Waals surface area contributed by atoms with Crippen molar-refractivity contribution >= 4 is 11.7 Å². The smallest absolute Gasteiger partial charge is 0.356 e. The summed E-state index contributed by atoms with van der Waals surface area (Å²) in [5, 5.41) is 8.70. The molecule has 0 saturated heterocycles. The van der Waals surface area contributed by atoms with E-state index in [-0.39, 0.29) is 16.9 Å². The van der Waals surface area contributed by atoms with E-state index in [0.717, 1.165) is 0 Å². The van der Waals surface area contributed by atoms with Gasteiger partial charge >= 0.3 is 5.97 Å². The maximum atomic E-state index is 11.1. The largest absolute Gasteiger partial charge is 0.464 e. The fourth-order valence-corrected chi connectivity index (χ4v) is 1.05. The molecule has 0 fully saturated rings. The molecule has 0 aliphatic heterocycles. The highest BCUT2D eigenvalue weighted by atomic mass is 16.5. The number of carbonyl (C=O) groups excluding carboxylic acids is 1. The molecule has 0 aliphatic rings. The first-order valence-electron chi connectivity index (χ1n) is 3.85. The van der Waals surface area contributed by atoms with Crippen LogP contribution >= 0.6 is 0 Å². The van der Waals surface area contributed by atoms with Crippen molar-refractivity contribution in [1.82, 2.24) is 4.98 Å². The fraction of sp³-hybridized carbons (Fsp3) is 0.222. The van der Waals surface area contributed by atoms with Gasteiger partial charge in [-0.2, -0.15) is 5.26 Å². The standard InChI is InChI=1S/C9H9N3O2/c1-5-6(4-10)7(11)3-8(12-5)9(13)14-2/h3H,1-2H3,(H2,11,12). The van der Waals surface area contributed by atoms with Gasteiger partial charge in [-0.05, 0) is 13.0 Å². The van der Waals surface area contributed by atoms with Crippen molar-refractivity contribution in [2.24, 2.45) is 0 Å². The molecule has 1 aromatic heterocycles. The molecule has 72 valence electrons. The first-order chi connectivity index (χ1) is 6.60. The molecule has 5 nitrogen and oxygen atoms in total. The van der Waals surface area contributed by atoms with E-state index in [4.69, 9.17) is 11.0 Å². The minimum atomic E-state index is -0.565. The van der Waals surface area contributed by atoms with Crippen molar-refractivity contribution in [3.8, 4) is 6.07 Å². The quantitative estimate of drug-likeness (QED) is 0.657. The molecule has 0 atom stereocenters. The van der Waals surface area contributed by atoms with Gasteiger partial charge in [-0.25, -0.2) is 9.78 Å². The molecule has 1 aromatic rings. The van der Waals surface area contributed by atoms with Crippen molar-refractivity contribution in [2.75, 3.05) is 12.8 Å². The number of nitrogen functional groups attached to an aromatic ring is 1. The van der Waals surface area contributed by atoms with Crippen molar-refractivity contribution in [3.63, 3.8) is 0 Å². The summed E-state index contributed by atoms with van der Waals surface area (Å²) in [4.78, 5) is 15.0. The van der Waals surface area contributed by atoms with E-state index in [1.54, 1.807) is 6.92 Å². The predicted octanol–water partition coefficient (Wildman–Crippen LogP) is 0.631. The maximum Gasteiger partial charge on any atom is 0.356 e. The van der Waals surface area contributed by atoms with Gasteiger partial charge < -0.3 is 10.5 Å². The molecule has 0 radical (unpaired) electrons. The summed E-state index contributed by atoms with van der Waals surface area (Å²) in [7, 11) is 1.26. The lowest BCUT2D eigenvalue weighted by Gasteiger charge is -2.04. The number of hydrogen-bond acceptors (Lipinski definition) is 5. The molecule has 0 saturated carbocycles. The molecule has 1 rings (SSSR count). The first kappa shape index (κ1) is 9.99. The van der Waals surface area contributed by atoms with E-state index in [9.17, 15) is 4.79 Å². The number of carbonyl (C=O) groups is 1. The zero-order valence-electron chi connectivity index (χ0n) is 7.87. The van der Waals surface area contributed by atoms with Crippen LogP contribution in [0.15, 0.2) is 6.07 Å². The number of ether oxygens (including phenoxy) is 1. The van der Waals surface area contributed by atoms with Crippen LogP contribution in [-0.2, 0) is 4.74 Å². The molecule has 5 heteroatoms. The van der Waals surface area contributed by atoms with Gasteiger partial charge in [-0.15, -0.1) is 0 Å². The number of pyridine rings is 1. The van der Waals surface area contributed by atoms with Crippen LogP contribution in [0, 0.1) is 18.3 Å². The van der Waals surface area contributed by atoms with Crippen LogP contribution in [0.2, 0.25) is 0 Å². The Bertz CT molecular complexity index is 398. The highest BCUT2D eigenvalue weighted by Gasteiger charge is 2.12. The number of methoxy groups -OCH3 is 1. The topological polar surface area (TPSA) is 89.0 Å². The predicted molar refractivity (Wildman–Crippen MR) is 49.4 cm³/mol. The van der Waals surface area contributed by atoms with Gasteiger partial charge in [-0.3, -0.25) is 0 Å². The lowest BCUT2D eigenvalue weighted by molar-refractivity contribution is 0.0594. The average Bonchev–Trinajstić information content (AvgIpc) is 2.16. The molecule has 0 aliphatic carbocycles. The molecule has 0 bridgehead atoms. The fourth-order valence-electron chi connectivity index (χ4n) is 1.05. The Morgan fingerprint density at radius 3 is 2.79 bits per heavy atom. The van der Waals surface area contributed by atoms with Crippen LogP contribution in [-0.4, -0.2) is 18.1 Å². The molecular formula is C9H9N3O2. The summed E-state index contributed by atoms with van der Waals surface area (Å²) in [6.45, 7) is 1.61. The molecule has 14 heavy (non-hydrogen) atoms. The average molecular weight is 191 g/mol. The Morgan fingerprint density at radius 1 is 1.71 bits per heavy atom. The van der Waals surface area contributed by atoms with E-state index in [2.05, 4.69) is 9.72 Å². The number of aromatic nitrogens is 1. The van der Waals surface area contributed by atoms with Crippen molar-refractivity contribution < 1.29 is 9.53 Å². The van der Waals surface area contributed by atoms with Crippen molar-refractivity contribution in [1.29, 1.82) is 5.26 Å². The SMILES string of the molecule is COC(=O)c1cc(N)c(C#N)c(C)n1. The van der Waals surface area contributed by atoms with Crippen LogP contribution < -0.4 is 5.73 Å². The minimum absolute atomic E-state index is 0.113. The number of nitrogens with two attached hydrogens (primary N) is 1. The van der Waals surface area contributed by atoms with Gasteiger partial charge in [0.15, 0.2) is 5.69 Å². The van der Waals surface area contributed by atoms with E-state index in [0.29, 0.717) is 5.69 Å². The molecule has 0 unspecified atom stereocenters. The number of rotatable bonds is 1. The van der Waals surface area contributed by atoms with Gasteiger partial charge in [0.2, 0.25) is 0 Å². The number of esters is 1. The normalized spacial score (nSPS) is 9.21. The van der Waals surface area contributed by atoms with Gasteiger partial charge in [0, 0.05) is 0 Å². The van der Waals surface area contributed by atoms with Crippen LogP contribution in [0.25, 0.3) is 0 Å². The third kappa shape index (κ3) is 1.64. The highest BCUT2D eigenvalue weighted by Crippen LogP contribution is 2.15.